The van der Waals surface area contributed by atoms with Crippen LogP contribution in [0, 0.1) is 11.3 Å². The highest BCUT2D eigenvalue weighted by molar-refractivity contribution is 5.94. The molecule has 2 aromatic carbocycles. The molecular formula is C31H26F3N7O3. The number of hydrogen-bond donors (Lipinski definition) is 1. The van der Waals surface area contributed by atoms with Crippen molar-refractivity contribution in [2.45, 2.75) is 18.8 Å². The first-order chi connectivity index (χ1) is 21.2. The monoisotopic (exact) mass is 601 g/mol. The normalized spacial score (nSPS) is 16.4. The molecule has 13 heteroatoms. The zero-order valence-corrected chi connectivity index (χ0v) is 23.3. The Morgan fingerprint density at radius 2 is 1.84 bits per heavy atom. The summed E-state index contributed by atoms with van der Waals surface area (Å²) in [7, 11) is 0. The smallest absolute Gasteiger partial charge is 0.423 e. The molecule has 2 aromatic heterocycles. The number of ether oxygens (including phenoxy) is 1. The van der Waals surface area contributed by atoms with Gasteiger partial charge in [-0.3, -0.25) is 9.59 Å². The topological polar surface area (TPSA) is 118 Å². The third-order valence-electron chi connectivity index (χ3n) is 7.82. The Hall–Kier alpha value is -5.38. The fraction of sp³-hybridized carbons (Fsp3) is 0.258. The van der Waals surface area contributed by atoms with Crippen LogP contribution in [0.1, 0.15) is 38.7 Å². The summed E-state index contributed by atoms with van der Waals surface area (Å²) >= 11 is 0. The largest absolute Gasteiger partial charge is 0.491 e. The molecule has 44 heavy (non-hydrogen) atoms. The highest BCUT2D eigenvalue weighted by Gasteiger charge is 2.42. The Bertz CT molecular complexity index is 1780. The van der Waals surface area contributed by atoms with Crippen molar-refractivity contribution >= 4 is 17.4 Å². The summed E-state index contributed by atoms with van der Waals surface area (Å²) < 4.78 is 47.8. The number of carbonyl (C=O) groups excluding carboxylic acids is 1. The molecule has 1 atom stereocenters. The number of carbonyl (C=O) groups is 1. The number of aromatic nitrogens is 3. The summed E-state index contributed by atoms with van der Waals surface area (Å²) in [5.41, 5.74) is -0.456. The van der Waals surface area contributed by atoms with E-state index < -0.39 is 23.3 Å². The second kappa shape index (κ2) is 11.7. The number of nitriles is 1. The van der Waals surface area contributed by atoms with Crippen molar-refractivity contribution in [2.75, 3.05) is 42.6 Å². The lowest BCUT2D eigenvalue weighted by Crippen LogP contribution is -2.49. The summed E-state index contributed by atoms with van der Waals surface area (Å²) in [5.74, 6) is 0.966. The van der Waals surface area contributed by atoms with E-state index in [1.54, 1.807) is 53.4 Å². The van der Waals surface area contributed by atoms with Crippen LogP contribution in [-0.2, 0) is 12.7 Å². The molecule has 6 rings (SSSR count). The number of amides is 1. The zero-order valence-electron chi connectivity index (χ0n) is 23.3. The van der Waals surface area contributed by atoms with E-state index in [0.717, 1.165) is 23.1 Å². The van der Waals surface area contributed by atoms with Gasteiger partial charge in [0.2, 0.25) is 0 Å². The number of aromatic amines is 1. The van der Waals surface area contributed by atoms with E-state index in [0.29, 0.717) is 43.1 Å². The third-order valence-corrected chi connectivity index (χ3v) is 7.82. The first-order valence-corrected chi connectivity index (χ1v) is 13.9. The van der Waals surface area contributed by atoms with Gasteiger partial charge in [0, 0.05) is 44.5 Å². The van der Waals surface area contributed by atoms with Gasteiger partial charge in [0.1, 0.15) is 29.8 Å². The molecule has 10 nitrogen and oxygen atoms in total. The number of piperazine rings is 1. The van der Waals surface area contributed by atoms with Gasteiger partial charge in [-0.25, -0.2) is 10.1 Å². The number of nitrogens with zero attached hydrogens (tertiary/aromatic N) is 6. The van der Waals surface area contributed by atoms with Gasteiger partial charge in [-0.1, -0.05) is 30.3 Å². The van der Waals surface area contributed by atoms with E-state index in [2.05, 4.69) is 15.0 Å². The van der Waals surface area contributed by atoms with E-state index in [1.807, 2.05) is 23.3 Å². The van der Waals surface area contributed by atoms with Crippen molar-refractivity contribution in [2.24, 2.45) is 0 Å². The van der Waals surface area contributed by atoms with Gasteiger partial charge in [-0.2, -0.15) is 23.5 Å². The number of H-pyrrole nitrogens is 1. The first kappa shape index (κ1) is 28.7. The maximum absolute atomic E-state index is 13.9. The lowest BCUT2D eigenvalue weighted by molar-refractivity contribution is -0.138. The van der Waals surface area contributed by atoms with Gasteiger partial charge >= 0.3 is 6.18 Å². The van der Waals surface area contributed by atoms with Crippen LogP contribution in [-0.4, -0.2) is 58.8 Å². The summed E-state index contributed by atoms with van der Waals surface area (Å²) in [6.45, 7) is 2.22. The van der Waals surface area contributed by atoms with Crippen molar-refractivity contribution in [3.05, 3.63) is 111 Å². The van der Waals surface area contributed by atoms with Gasteiger partial charge in [0.05, 0.1) is 23.5 Å². The van der Waals surface area contributed by atoms with E-state index in [4.69, 9.17) is 10.00 Å². The van der Waals surface area contributed by atoms with Crippen molar-refractivity contribution < 1.29 is 22.7 Å². The number of nitrogens with one attached hydrogen (secondary N) is 1. The molecule has 1 unspecified atom stereocenters. The predicted octanol–water partition coefficient (Wildman–Crippen LogP) is 4.16. The second-order valence-electron chi connectivity index (χ2n) is 10.4. The molecule has 0 saturated carbocycles. The van der Waals surface area contributed by atoms with E-state index in [-0.39, 0.29) is 24.7 Å². The number of anilines is 2. The fourth-order valence-electron chi connectivity index (χ4n) is 5.63. The first-order valence-electron chi connectivity index (χ1n) is 13.9. The highest BCUT2D eigenvalue weighted by atomic mass is 19.4. The Balaban J connectivity index is 1.16. The summed E-state index contributed by atoms with van der Waals surface area (Å²) in [5, 5.41) is 14.5. The number of hydrogen-bond acceptors (Lipinski definition) is 8. The van der Waals surface area contributed by atoms with Crippen molar-refractivity contribution in [3.63, 3.8) is 0 Å². The molecule has 1 fully saturated rings. The molecule has 224 valence electrons. The molecule has 1 amide bonds. The van der Waals surface area contributed by atoms with Crippen molar-refractivity contribution in [1.29, 1.82) is 5.26 Å². The molecule has 2 aliphatic rings. The molecule has 0 radical (unpaired) electrons. The molecule has 1 N–H and O–H groups in total. The van der Waals surface area contributed by atoms with Gasteiger partial charge < -0.3 is 19.4 Å². The molecule has 0 aliphatic carbocycles. The minimum Gasteiger partial charge on any atom is -0.491 e. The molecule has 1 saturated heterocycles. The minimum atomic E-state index is -4.88. The van der Waals surface area contributed by atoms with Gasteiger partial charge in [-0.15, -0.1) is 0 Å². The van der Waals surface area contributed by atoms with Crippen LogP contribution in [0.5, 0.6) is 5.75 Å². The maximum Gasteiger partial charge on any atom is 0.423 e. The predicted molar refractivity (Wildman–Crippen MR) is 154 cm³/mol. The summed E-state index contributed by atoms with van der Waals surface area (Å²) in [6.07, 6.45) is -2.35. The summed E-state index contributed by atoms with van der Waals surface area (Å²) in [4.78, 5) is 35.2. The number of rotatable bonds is 6. The molecule has 0 spiro atoms. The van der Waals surface area contributed by atoms with Crippen LogP contribution in [0.2, 0.25) is 0 Å². The van der Waals surface area contributed by atoms with Crippen LogP contribution in [0.3, 0.4) is 0 Å². The van der Waals surface area contributed by atoms with Gasteiger partial charge in [0.25, 0.3) is 11.5 Å². The fourth-order valence-corrected chi connectivity index (χ4v) is 5.63. The molecule has 4 heterocycles. The van der Waals surface area contributed by atoms with Crippen LogP contribution in [0.25, 0.3) is 0 Å². The number of alkyl halides is 3. The number of halogens is 3. The molecule has 0 bridgehead atoms. The minimum absolute atomic E-state index is 0.0327. The Labute approximate surface area is 249 Å². The van der Waals surface area contributed by atoms with Crippen molar-refractivity contribution in [3.8, 4) is 11.8 Å². The van der Waals surface area contributed by atoms with Crippen molar-refractivity contribution in [1.82, 2.24) is 20.1 Å². The quantitative estimate of drug-likeness (QED) is 0.350. The standard InChI is InChI=1S/C31H26F3N7O3/c32-31(33,34)28-25(17-37-38-29(28)42)41-18-22-4-1-2-7-24(22)26(41)19-44-23-6-3-5-21(14-23)30(43)40-12-10-39(11-13-40)27-9-8-20(15-35)16-36-27/h1-9,14,16-17,26H,10-13,18-19H2,(H,38,42). The Kier molecular flexibility index (Phi) is 7.65. The number of benzene rings is 2. The number of fused-ring (bicyclic) bond motifs is 1. The third kappa shape index (κ3) is 5.66. The van der Waals surface area contributed by atoms with E-state index >= 15 is 0 Å². The van der Waals surface area contributed by atoms with Gasteiger partial charge in [-0.05, 0) is 41.5 Å². The van der Waals surface area contributed by atoms with Gasteiger partial charge in [0.15, 0.2) is 0 Å². The average Bonchev–Trinajstić information content (AvgIpc) is 3.41. The number of pyridine rings is 1. The highest BCUT2D eigenvalue weighted by Crippen LogP contribution is 2.42. The molecule has 2 aliphatic heterocycles. The van der Waals surface area contributed by atoms with Crippen LogP contribution in [0.4, 0.5) is 24.7 Å². The molecule has 4 aromatic rings. The van der Waals surface area contributed by atoms with Crippen LogP contribution >= 0.6 is 0 Å². The van der Waals surface area contributed by atoms with E-state index in [1.165, 1.54) is 11.1 Å². The van der Waals surface area contributed by atoms with E-state index in [9.17, 15) is 22.8 Å². The lowest BCUT2D eigenvalue weighted by Gasteiger charge is -2.35. The molecular weight excluding hydrogens is 575 g/mol. The van der Waals surface area contributed by atoms with Crippen LogP contribution < -0.4 is 20.1 Å². The zero-order chi connectivity index (χ0) is 30.8. The Morgan fingerprint density at radius 1 is 1.05 bits per heavy atom. The van der Waals surface area contributed by atoms with Crippen LogP contribution in [0.15, 0.2) is 77.9 Å². The lowest BCUT2D eigenvalue weighted by atomic mass is 10.1. The SMILES string of the molecule is N#Cc1ccc(N2CCN(C(=O)c3cccc(OCC4c5ccccc5CN4c4cn[nH]c(=O)c4C(F)(F)F)c3)CC2)nc1. The Morgan fingerprint density at radius 3 is 2.57 bits per heavy atom. The summed E-state index contributed by atoms with van der Waals surface area (Å²) in [6, 6.07) is 18.9. The second-order valence-corrected chi connectivity index (χ2v) is 10.4. The maximum atomic E-state index is 13.9. The average molecular weight is 602 g/mol.